The number of hydrogen-bond acceptors (Lipinski definition) is 6. The molecule has 1 aliphatic carbocycles. The van der Waals surface area contributed by atoms with E-state index in [0.29, 0.717) is 37.4 Å². The van der Waals surface area contributed by atoms with Gasteiger partial charge in [-0.05, 0) is 56.7 Å². The summed E-state index contributed by atoms with van der Waals surface area (Å²) >= 11 is 0. The number of pyridine rings is 2. The van der Waals surface area contributed by atoms with E-state index in [1.54, 1.807) is 16.9 Å². The molecule has 8 nitrogen and oxygen atoms in total. The Balaban J connectivity index is 1.22. The Labute approximate surface area is 211 Å². The molecule has 4 heterocycles. The van der Waals surface area contributed by atoms with E-state index in [1.807, 2.05) is 36.2 Å². The first-order chi connectivity index (χ1) is 17.7. The van der Waals surface area contributed by atoms with E-state index in [-0.39, 0.29) is 5.91 Å². The molecule has 3 aromatic heterocycles. The first-order valence-electron chi connectivity index (χ1n) is 12.8. The Morgan fingerprint density at radius 2 is 2.03 bits per heavy atom. The highest BCUT2D eigenvalue weighted by Crippen LogP contribution is 2.33. The summed E-state index contributed by atoms with van der Waals surface area (Å²) in [6.07, 6.45) is 14.9. The minimum atomic E-state index is 0.237. The number of aromatic nitrogens is 3. The van der Waals surface area contributed by atoms with Gasteiger partial charge in [0, 0.05) is 49.9 Å². The monoisotopic (exact) mass is 484 g/mol. The Morgan fingerprint density at radius 3 is 2.72 bits per heavy atom. The average molecular weight is 485 g/mol. The minimum Gasteiger partial charge on any atom is -0.492 e. The molecule has 1 aliphatic heterocycles. The third-order valence-corrected chi connectivity index (χ3v) is 6.89. The van der Waals surface area contributed by atoms with Crippen molar-refractivity contribution in [3.05, 3.63) is 54.5 Å². The number of ether oxygens (including phenoxy) is 1. The van der Waals surface area contributed by atoms with Crippen LogP contribution in [0.1, 0.15) is 44.6 Å². The standard InChI is InChI=1S/C28H32N6O2/c1-2-36-24-16-25(28-23(17-29)19-31-34(28)20-24)22-10-11-26(30-18-22)32-12-14-33(15-13-32)27(35)7-5-3-4-6-21-8-9-21/h3-4,10-11,16,18-21H,2,5-9,12-15H2,1H3/b4-3+. The number of carbonyl (C=O) groups is 1. The van der Waals surface area contributed by atoms with Crippen LogP contribution in [0, 0.1) is 17.2 Å². The van der Waals surface area contributed by atoms with Crippen LogP contribution in [0.25, 0.3) is 16.6 Å². The number of fused-ring (bicyclic) bond motifs is 1. The van der Waals surface area contributed by atoms with E-state index in [1.165, 1.54) is 19.3 Å². The molecule has 1 amide bonds. The van der Waals surface area contributed by atoms with E-state index >= 15 is 0 Å². The van der Waals surface area contributed by atoms with Crippen LogP contribution in [0.2, 0.25) is 0 Å². The number of allylic oxidation sites excluding steroid dienone is 2. The van der Waals surface area contributed by atoms with Gasteiger partial charge in [0.25, 0.3) is 0 Å². The minimum absolute atomic E-state index is 0.237. The Kier molecular flexibility index (Phi) is 7.17. The number of nitriles is 1. The summed E-state index contributed by atoms with van der Waals surface area (Å²) in [5, 5.41) is 13.9. The second kappa shape index (κ2) is 10.8. The van der Waals surface area contributed by atoms with Gasteiger partial charge in [0.1, 0.15) is 17.6 Å². The molecule has 2 fully saturated rings. The van der Waals surface area contributed by atoms with E-state index < -0.39 is 0 Å². The number of amides is 1. The summed E-state index contributed by atoms with van der Waals surface area (Å²) < 4.78 is 7.39. The SMILES string of the molecule is CCOc1cc(-c2ccc(N3CCN(C(=O)CC/C=C/CC4CC4)CC3)nc2)c2c(C#N)cnn2c1. The first-order valence-corrected chi connectivity index (χ1v) is 12.8. The zero-order valence-electron chi connectivity index (χ0n) is 20.8. The van der Waals surface area contributed by atoms with Crippen molar-refractivity contribution in [2.45, 2.75) is 39.0 Å². The maximum absolute atomic E-state index is 12.6. The number of carbonyl (C=O) groups excluding carboxylic acids is 1. The molecule has 0 N–H and O–H groups in total. The van der Waals surface area contributed by atoms with E-state index in [2.05, 4.69) is 28.2 Å². The summed E-state index contributed by atoms with van der Waals surface area (Å²) in [5.41, 5.74) is 3.00. The fourth-order valence-corrected chi connectivity index (χ4v) is 4.69. The van der Waals surface area contributed by atoms with Gasteiger partial charge in [-0.15, -0.1) is 0 Å². The zero-order chi connectivity index (χ0) is 24.9. The molecule has 0 unspecified atom stereocenters. The van der Waals surface area contributed by atoms with E-state index in [9.17, 15) is 10.1 Å². The molecule has 1 saturated heterocycles. The Morgan fingerprint density at radius 1 is 1.19 bits per heavy atom. The summed E-state index contributed by atoms with van der Waals surface area (Å²) in [6.45, 7) is 5.44. The number of nitrogens with zero attached hydrogens (tertiary/aromatic N) is 6. The highest BCUT2D eigenvalue weighted by molar-refractivity contribution is 5.85. The molecule has 3 aromatic rings. The van der Waals surface area contributed by atoms with Crippen molar-refractivity contribution in [2.75, 3.05) is 37.7 Å². The van der Waals surface area contributed by atoms with Crippen LogP contribution in [-0.4, -0.2) is 58.2 Å². The van der Waals surface area contributed by atoms with Crippen molar-refractivity contribution in [3.8, 4) is 22.9 Å². The molecular weight excluding hydrogens is 452 g/mol. The summed E-state index contributed by atoms with van der Waals surface area (Å²) in [5.74, 6) is 2.71. The highest BCUT2D eigenvalue weighted by Gasteiger charge is 2.22. The van der Waals surface area contributed by atoms with Crippen LogP contribution in [0.5, 0.6) is 5.75 Å². The van der Waals surface area contributed by atoms with Gasteiger partial charge in [-0.25, -0.2) is 9.50 Å². The number of rotatable bonds is 9. The second-order valence-electron chi connectivity index (χ2n) is 9.45. The van der Waals surface area contributed by atoms with E-state index in [4.69, 9.17) is 9.72 Å². The van der Waals surface area contributed by atoms with Crippen LogP contribution in [-0.2, 0) is 4.79 Å². The Bertz CT molecular complexity index is 1280. The zero-order valence-corrected chi connectivity index (χ0v) is 20.8. The van der Waals surface area contributed by atoms with Gasteiger partial charge in [0.05, 0.1) is 30.1 Å². The smallest absolute Gasteiger partial charge is 0.223 e. The topological polar surface area (TPSA) is 86.8 Å². The van der Waals surface area contributed by atoms with Crippen LogP contribution >= 0.6 is 0 Å². The Hall–Kier alpha value is -3.86. The lowest BCUT2D eigenvalue weighted by Crippen LogP contribution is -2.49. The lowest BCUT2D eigenvalue weighted by Gasteiger charge is -2.35. The highest BCUT2D eigenvalue weighted by atomic mass is 16.5. The van der Waals surface area contributed by atoms with Gasteiger partial charge in [-0.1, -0.05) is 12.2 Å². The average Bonchev–Trinajstić information content (AvgIpc) is 3.65. The van der Waals surface area contributed by atoms with Crippen LogP contribution in [0.4, 0.5) is 5.82 Å². The summed E-state index contributed by atoms with van der Waals surface area (Å²) in [4.78, 5) is 21.5. The van der Waals surface area contributed by atoms with Gasteiger partial charge in [-0.3, -0.25) is 4.79 Å². The van der Waals surface area contributed by atoms with Crippen molar-refractivity contribution < 1.29 is 9.53 Å². The predicted molar refractivity (Wildman–Crippen MR) is 139 cm³/mol. The molecule has 5 rings (SSSR count). The second-order valence-corrected chi connectivity index (χ2v) is 9.45. The van der Waals surface area contributed by atoms with Crippen molar-refractivity contribution in [1.29, 1.82) is 5.26 Å². The van der Waals surface area contributed by atoms with Gasteiger partial charge in [0.15, 0.2) is 0 Å². The molecular formula is C28H32N6O2. The summed E-state index contributed by atoms with van der Waals surface area (Å²) in [7, 11) is 0. The molecule has 0 atom stereocenters. The third-order valence-electron chi connectivity index (χ3n) is 6.89. The predicted octanol–water partition coefficient (Wildman–Crippen LogP) is 4.45. The fourth-order valence-electron chi connectivity index (χ4n) is 4.69. The van der Waals surface area contributed by atoms with Gasteiger partial charge < -0.3 is 14.5 Å². The van der Waals surface area contributed by atoms with Gasteiger partial charge >= 0.3 is 0 Å². The number of anilines is 1. The van der Waals surface area contributed by atoms with Crippen molar-refractivity contribution in [1.82, 2.24) is 19.5 Å². The number of hydrogen-bond donors (Lipinski definition) is 0. The van der Waals surface area contributed by atoms with Gasteiger partial charge in [0.2, 0.25) is 5.91 Å². The molecule has 36 heavy (non-hydrogen) atoms. The first kappa shape index (κ1) is 23.9. The quantitative estimate of drug-likeness (QED) is 0.417. The molecule has 0 aromatic carbocycles. The van der Waals surface area contributed by atoms with Gasteiger partial charge in [-0.2, -0.15) is 10.4 Å². The van der Waals surface area contributed by atoms with Crippen molar-refractivity contribution in [3.63, 3.8) is 0 Å². The normalized spacial score (nSPS) is 16.0. The molecule has 8 heteroatoms. The van der Waals surface area contributed by atoms with Crippen molar-refractivity contribution in [2.24, 2.45) is 5.92 Å². The lowest BCUT2D eigenvalue weighted by molar-refractivity contribution is -0.131. The maximum Gasteiger partial charge on any atom is 0.223 e. The molecule has 1 saturated carbocycles. The largest absolute Gasteiger partial charge is 0.492 e. The molecule has 0 bridgehead atoms. The molecule has 2 aliphatic rings. The lowest BCUT2D eigenvalue weighted by atomic mass is 10.1. The maximum atomic E-state index is 12.6. The third kappa shape index (κ3) is 5.35. The molecule has 0 radical (unpaired) electrons. The van der Waals surface area contributed by atoms with E-state index in [0.717, 1.165) is 47.9 Å². The fraction of sp³-hybridized carbons (Fsp3) is 0.429. The number of piperazine rings is 1. The van der Waals surface area contributed by atoms with Crippen LogP contribution in [0.3, 0.4) is 0 Å². The molecule has 186 valence electrons. The van der Waals surface area contributed by atoms with Crippen LogP contribution in [0.15, 0.2) is 48.9 Å². The molecule has 0 spiro atoms. The van der Waals surface area contributed by atoms with Crippen molar-refractivity contribution >= 4 is 17.2 Å². The summed E-state index contributed by atoms with van der Waals surface area (Å²) in [6, 6.07) is 8.18. The van der Waals surface area contributed by atoms with Crippen LogP contribution < -0.4 is 9.64 Å².